The molecule has 5 nitrogen and oxygen atoms in total. The van der Waals surface area contributed by atoms with Crippen molar-refractivity contribution >= 4 is 21.5 Å². The van der Waals surface area contributed by atoms with Gasteiger partial charge in [0.25, 0.3) is 10.1 Å². The highest BCUT2D eigenvalue weighted by Crippen LogP contribution is 2.27. The minimum Gasteiger partial charge on any atom is -0.388 e. The molecule has 1 rings (SSSR count). The van der Waals surface area contributed by atoms with E-state index in [2.05, 4.69) is 10.6 Å². The van der Waals surface area contributed by atoms with Crippen molar-refractivity contribution in [2.75, 3.05) is 24.7 Å². The molecule has 0 amide bonds. The van der Waals surface area contributed by atoms with Gasteiger partial charge in [-0.3, -0.25) is 4.55 Å². The zero-order chi connectivity index (χ0) is 11.6. The number of anilines is 2. The second-order valence-corrected chi connectivity index (χ2v) is 4.54. The van der Waals surface area contributed by atoms with E-state index in [4.69, 9.17) is 4.55 Å². The quantitative estimate of drug-likeness (QED) is 0.683. The molecule has 6 heteroatoms. The number of nitrogens with one attached hydrogen (secondary N) is 2. The summed E-state index contributed by atoms with van der Waals surface area (Å²) >= 11 is 0. The van der Waals surface area contributed by atoms with Crippen molar-refractivity contribution in [2.24, 2.45) is 0 Å². The van der Waals surface area contributed by atoms with Crippen LogP contribution in [0.15, 0.2) is 17.0 Å². The molecule has 0 heterocycles. The highest BCUT2D eigenvalue weighted by atomic mass is 32.2. The average Bonchev–Trinajstić information content (AvgIpc) is 2.16. The van der Waals surface area contributed by atoms with Gasteiger partial charge < -0.3 is 10.6 Å². The van der Waals surface area contributed by atoms with Crippen LogP contribution in [0.4, 0.5) is 11.4 Å². The third kappa shape index (κ3) is 2.40. The Balaban J connectivity index is 3.47. The fourth-order valence-electron chi connectivity index (χ4n) is 1.36. The molecule has 3 N–H and O–H groups in total. The maximum Gasteiger partial charge on any atom is 0.294 e. The van der Waals surface area contributed by atoms with Crippen LogP contribution in [-0.2, 0) is 10.1 Å². The lowest BCUT2D eigenvalue weighted by Gasteiger charge is -2.12. The van der Waals surface area contributed by atoms with Crippen molar-refractivity contribution in [3.8, 4) is 0 Å². The van der Waals surface area contributed by atoms with Crippen LogP contribution >= 0.6 is 0 Å². The summed E-state index contributed by atoms with van der Waals surface area (Å²) in [6, 6.07) is 2.79. The van der Waals surface area contributed by atoms with Gasteiger partial charge in [0, 0.05) is 25.5 Å². The summed E-state index contributed by atoms with van der Waals surface area (Å²) in [5, 5.41) is 5.73. The molecule has 84 valence electrons. The van der Waals surface area contributed by atoms with Crippen molar-refractivity contribution in [2.45, 2.75) is 11.8 Å². The van der Waals surface area contributed by atoms with Crippen molar-refractivity contribution in [1.29, 1.82) is 0 Å². The van der Waals surface area contributed by atoms with Crippen molar-refractivity contribution in [3.05, 3.63) is 17.7 Å². The highest BCUT2D eigenvalue weighted by Gasteiger charge is 2.14. The topological polar surface area (TPSA) is 78.4 Å². The predicted molar refractivity (Wildman–Crippen MR) is 60.1 cm³/mol. The Bertz CT molecular complexity index is 443. The molecule has 0 spiro atoms. The average molecular weight is 230 g/mol. The summed E-state index contributed by atoms with van der Waals surface area (Å²) in [4.78, 5) is -0.123. The maximum absolute atomic E-state index is 11.0. The lowest BCUT2D eigenvalue weighted by molar-refractivity contribution is 0.483. The first-order chi connectivity index (χ1) is 6.90. The molecule has 0 saturated carbocycles. The van der Waals surface area contributed by atoms with Gasteiger partial charge in [0.1, 0.15) is 0 Å². The molecule has 0 aromatic heterocycles. The first-order valence-electron chi connectivity index (χ1n) is 4.37. The summed E-state index contributed by atoms with van der Waals surface area (Å²) in [5.41, 5.74) is 2.22. The van der Waals surface area contributed by atoms with Crippen LogP contribution in [0.2, 0.25) is 0 Å². The van der Waals surface area contributed by atoms with Crippen LogP contribution < -0.4 is 10.6 Å². The zero-order valence-electron chi connectivity index (χ0n) is 8.83. The Kier molecular flexibility index (Phi) is 3.21. The Morgan fingerprint density at radius 2 is 1.53 bits per heavy atom. The minimum atomic E-state index is -4.16. The van der Waals surface area contributed by atoms with E-state index in [0.29, 0.717) is 11.4 Å². The number of rotatable bonds is 3. The molecular weight excluding hydrogens is 216 g/mol. The molecule has 0 bridgehead atoms. The van der Waals surface area contributed by atoms with E-state index in [0.717, 1.165) is 5.56 Å². The van der Waals surface area contributed by atoms with E-state index >= 15 is 0 Å². The lowest BCUT2D eigenvalue weighted by Crippen LogP contribution is -2.04. The normalized spacial score (nSPS) is 11.2. The molecule has 0 atom stereocenters. The third-order valence-corrected chi connectivity index (χ3v) is 3.05. The number of hydrogen-bond acceptors (Lipinski definition) is 4. The lowest BCUT2D eigenvalue weighted by atomic mass is 10.1. The van der Waals surface area contributed by atoms with E-state index < -0.39 is 10.1 Å². The van der Waals surface area contributed by atoms with Crippen LogP contribution in [0.1, 0.15) is 5.56 Å². The molecule has 0 radical (unpaired) electrons. The first-order valence-corrected chi connectivity index (χ1v) is 5.81. The standard InChI is InChI=1S/C9H14N2O3S/c1-6-8(10-2)4-7(15(12,13)14)5-9(6)11-3/h4-5,10-11H,1-3H3,(H,12,13,14). The van der Waals surface area contributed by atoms with Gasteiger partial charge in [-0.2, -0.15) is 8.42 Å². The third-order valence-electron chi connectivity index (χ3n) is 2.22. The monoisotopic (exact) mass is 230 g/mol. The van der Waals surface area contributed by atoms with Gasteiger partial charge in [-0.25, -0.2) is 0 Å². The maximum atomic E-state index is 11.0. The largest absolute Gasteiger partial charge is 0.388 e. The molecule has 0 fully saturated rings. The smallest absolute Gasteiger partial charge is 0.294 e. The first kappa shape index (κ1) is 11.8. The summed E-state index contributed by atoms with van der Waals surface area (Å²) in [7, 11) is -0.785. The molecule has 0 aliphatic heterocycles. The van der Waals surface area contributed by atoms with Crippen LogP contribution in [0.5, 0.6) is 0 Å². The Labute approximate surface area is 89.3 Å². The molecule has 0 saturated heterocycles. The van der Waals surface area contributed by atoms with Crippen LogP contribution in [0.3, 0.4) is 0 Å². The van der Waals surface area contributed by atoms with Gasteiger partial charge in [0.05, 0.1) is 4.90 Å². The van der Waals surface area contributed by atoms with E-state index in [1.165, 1.54) is 12.1 Å². The second-order valence-electron chi connectivity index (χ2n) is 3.12. The van der Waals surface area contributed by atoms with Crippen molar-refractivity contribution in [1.82, 2.24) is 0 Å². The van der Waals surface area contributed by atoms with Gasteiger partial charge in [0.15, 0.2) is 0 Å². The zero-order valence-corrected chi connectivity index (χ0v) is 9.64. The Morgan fingerprint density at radius 3 is 1.80 bits per heavy atom. The molecule has 1 aromatic carbocycles. The summed E-state index contributed by atoms with van der Waals surface area (Å²) in [6.07, 6.45) is 0. The summed E-state index contributed by atoms with van der Waals surface area (Å²) in [6.45, 7) is 1.85. The van der Waals surface area contributed by atoms with Crippen molar-refractivity contribution < 1.29 is 13.0 Å². The summed E-state index contributed by atoms with van der Waals surface area (Å²) < 4.78 is 30.9. The van der Waals surface area contributed by atoms with Crippen molar-refractivity contribution in [3.63, 3.8) is 0 Å². The van der Waals surface area contributed by atoms with Gasteiger partial charge in [-0.05, 0) is 24.6 Å². The fraction of sp³-hybridized carbons (Fsp3) is 0.333. The fourth-order valence-corrected chi connectivity index (χ4v) is 1.89. The van der Waals surface area contributed by atoms with Crippen LogP contribution in [-0.4, -0.2) is 27.1 Å². The van der Waals surface area contributed by atoms with Gasteiger partial charge >= 0.3 is 0 Å². The molecule has 0 unspecified atom stereocenters. The number of benzene rings is 1. The highest BCUT2D eigenvalue weighted by molar-refractivity contribution is 7.85. The van der Waals surface area contributed by atoms with E-state index in [-0.39, 0.29) is 4.90 Å². The Morgan fingerprint density at radius 1 is 1.13 bits per heavy atom. The van der Waals surface area contributed by atoms with E-state index in [1.807, 2.05) is 6.92 Å². The predicted octanol–water partition coefficient (Wildman–Crippen LogP) is 1.33. The van der Waals surface area contributed by atoms with Gasteiger partial charge in [-0.1, -0.05) is 0 Å². The molecule has 15 heavy (non-hydrogen) atoms. The Hall–Kier alpha value is -1.27. The molecule has 1 aromatic rings. The van der Waals surface area contributed by atoms with Crippen LogP contribution in [0.25, 0.3) is 0 Å². The molecular formula is C9H14N2O3S. The summed E-state index contributed by atoms with van der Waals surface area (Å²) in [5.74, 6) is 0. The van der Waals surface area contributed by atoms with E-state index in [1.54, 1.807) is 14.1 Å². The molecule has 0 aliphatic rings. The van der Waals surface area contributed by atoms with Gasteiger partial charge in [0.2, 0.25) is 0 Å². The minimum absolute atomic E-state index is 0.123. The molecule has 0 aliphatic carbocycles. The van der Waals surface area contributed by atoms with Crippen LogP contribution in [0, 0.1) is 6.92 Å². The number of hydrogen-bond donors (Lipinski definition) is 3. The van der Waals surface area contributed by atoms with E-state index in [9.17, 15) is 8.42 Å². The SMILES string of the molecule is CNc1cc(S(=O)(=O)O)cc(NC)c1C. The van der Waals surface area contributed by atoms with Gasteiger partial charge in [-0.15, -0.1) is 0 Å². The second kappa shape index (κ2) is 4.08.